The van der Waals surface area contributed by atoms with E-state index < -0.39 is 10.0 Å². The molecule has 0 amide bonds. The molecule has 7 heteroatoms. The van der Waals surface area contributed by atoms with Gasteiger partial charge in [0.2, 0.25) is 10.0 Å². The van der Waals surface area contributed by atoms with Crippen molar-refractivity contribution in [2.24, 2.45) is 0 Å². The van der Waals surface area contributed by atoms with Gasteiger partial charge in [0.05, 0.1) is 6.61 Å². The standard InChI is InChI=1S/C11H20N2O3S2/c1-9-8-17-10(7-12-2)11(9)18(14,15)13(3)5-6-16-4/h8,12H,5-7H2,1-4H3. The molecule has 0 atom stereocenters. The van der Waals surface area contributed by atoms with Crippen LogP contribution in [0.3, 0.4) is 0 Å². The average Bonchev–Trinajstić information content (AvgIpc) is 2.68. The molecule has 0 bridgehead atoms. The van der Waals surface area contributed by atoms with Gasteiger partial charge in [-0.25, -0.2) is 8.42 Å². The minimum Gasteiger partial charge on any atom is -0.383 e. The molecule has 0 aromatic carbocycles. The van der Waals surface area contributed by atoms with Crippen LogP contribution in [0.1, 0.15) is 10.4 Å². The number of nitrogens with zero attached hydrogens (tertiary/aromatic N) is 1. The van der Waals surface area contributed by atoms with Gasteiger partial charge in [0, 0.05) is 32.1 Å². The molecule has 18 heavy (non-hydrogen) atoms. The minimum absolute atomic E-state index is 0.354. The molecule has 1 heterocycles. The number of nitrogens with one attached hydrogen (secondary N) is 1. The Morgan fingerprint density at radius 2 is 2.17 bits per heavy atom. The smallest absolute Gasteiger partial charge is 0.244 e. The quantitative estimate of drug-likeness (QED) is 0.816. The lowest BCUT2D eigenvalue weighted by Gasteiger charge is -2.17. The first-order valence-electron chi connectivity index (χ1n) is 5.62. The number of aryl methyl sites for hydroxylation is 1. The third-order valence-corrected chi connectivity index (χ3v) is 5.93. The molecule has 104 valence electrons. The number of likely N-dealkylation sites (N-methyl/N-ethyl adjacent to an activating group) is 1. The van der Waals surface area contributed by atoms with Crippen LogP contribution in [0.2, 0.25) is 0 Å². The lowest BCUT2D eigenvalue weighted by Crippen LogP contribution is -2.31. The Bertz CT molecular complexity index is 482. The molecule has 5 nitrogen and oxygen atoms in total. The van der Waals surface area contributed by atoms with Gasteiger partial charge in [-0.15, -0.1) is 11.3 Å². The molecule has 0 aliphatic rings. The van der Waals surface area contributed by atoms with E-state index in [0.29, 0.717) is 24.6 Å². The summed E-state index contributed by atoms with van der Waals surface area (Å²) in [4.78, 5) is 1.28. The number of sulfonamides is 1. The third kappa shape index (κ3) is 3.30. The third-order valence-electron chi connectivity index (χ3n) is 2.61. The molecular formula is C11H20N2O3S2. The fourth-order valence-electron chi connectivity index (χ4n) is 1.61. The second kappa shape index (κ2) is 6.63. The van der Waals surface area contributed by atoms with Gasteiger partial charge in [-0.05, 0) is 24.9 Å². The van der Waals surface area contributed by atoms with Gasteiger partial charge in [0.1, 0.15) is 4.90 Å². The molecule has 0 radical (unpaired) electrons. The number of rotatable bonds is 7. The average molecular weight is 292 g/mol. The van der Waals surface area contributed by atoms with Crippen molar-refractivity contribution >= 4 is 21.4 Å². The van der Waals surface area contributed by atoms with Crippen LogP contribution in [0.4, 0.5) is 0 Å². The predicted molar refractivity (Wildman–Crippen MR) is 73.5 cm³/mol. The van der Waals surface area contributed by atoms with Gasteiger partial charge in [-0.2, -0.15) is 4.31 Å². The monoisotopic (exact) mass is 292 g/mol. The summed E-state index contributed by atoms with van der Waals surface area (Å²) < 4.78 is 31.2. The summed E-state index contributed by atoms with van der Waals surface area (Å²) in [6.45, 7) is 3.13. The van der Waals surface area contributed by atoms with Gasteiger partial charge < -0.3 is 10.1 Å². The maximum absolute atomic E-state index is 12.5. The van der Waals surface area contributed by atoms with Crippen LogP contribution >= 0.6 is 11.3 Å². The van der Waals surface area contributed by atoms with Crippen molar-refractivity contribution < 1.29 is 13.2 Å². The van der Waals surface area contributed by atoms with Crippen molar-refractivity contribution in [2.45, 2.75) is 18.4 Å². The van der Waals surface area contributed by atoms with E-state index in [1.54, 1.807) is 21.2 Å². The Hall–Kier alpha value is -0.470. The second-order valence-electron chi connectivity index (χ2n) is 4.02. The van der Waals surface area contributed by atoms with Gasteiger partial charge in [0.25, 0.3) is 0 Å². The zero-order valence-electron chi connectivity index (χ0n) is 11.2. The molecule has 0 unspecified atom stereocenters. The van der Waals surface area contributed by atoms with E-state index >= 15 is 0 Å². The Balaban J connectivity index is 3.07. The zero-order valence-corrected chi connectivity index (χ0v) is 12.8. The van der Waals surface area contributed by atoms with E-state index in [9.17, 15) is 8.42 Å². The van der Waals surface area contributed by atoms with Crippen LogP contribution in [0, 0.1) is 6.92 Å². The number of hydrogen-bond donors (Lipinski definition) is 1. The Morgan fingerprint density at radius 1 is 1.50 bits per heavy atom. The first-order chi connectivity index (χ1) is 8.45. The molecule has 0 fully saturated rings. The maximum Gasteiger partial charge on any atom is 0.244 e. The van der Waals surface area contributed by atoms with Gasteiger partial charge in [0.15, 0.2) is 0 Å². The normalized spacial score (nSPS) is 12.3. The van der Waals surface area contributed by atoms with Gasteiger partial charge in [-0.3, -0.25) is 0 Å². The van der Waals surface area contributed by atoms with Crippen LogP contribution in [0.25, 0.3) is 0 Å². The predicted octanol–water partition coefficient (Wildman–Crippen LogP) is 1.04. The van der Waals surface area contributed by atoms with E-state index in [2.05, 4.69) is 5.32 Å². The highest BCUT2D eigenvalue weighted by atomic mass is 32.2. The topological polar surface area (TPSA) is 58.6 Å². The molecule has 0 saturated carbocycles. The summed E-state index contributed by atoms with van der Waals surface area (Å²) >= 11 is 1.47. The maximum atomic E-state index is 12.5. The largest absolute Gasteiger partial charge is 0.383 e. The minimum atomic E-state index is -3.43. The zero-order chi connectivity index (χ0) is 13.8. The molecule has 1 aromatic rings. The SMILES string of the molecule is CNCc1scc(C)c1S(=O)(=O)N(C)CCOC. The molecule has 0 spiro atoms. The lowest BCUT2D eigenvalue weighted by atomic mass is 10.3. The van der Waals surface area contributed by atoms with Crippen molar-refractivity contribution in [3.05, 3.63) is 15.8 Å². The van der Waals surface area contributed by atoms with E-state index in [-0.39, 0.29) is 0 Å². The van der Waals surface area contributed by atoms with Crippen LogP contribution < -0.4 is 5.32 Å². The summed E-state index contributed by atoms with van der Waals surface area (Å²) in [5.41, 5.74) is 0.800. The number of hydrogen-bond acceptors (Lipinski definition) is 5. The fourth-order valence-corrected chi connectivity index (χ4v) is 4.53. The Morgan fingerprint density at radius 3 is 2.72 bits per heavy atom. The first-order valence-corrected chi connectivity index (χ1v) is 7.94. The van der Waals surface area contributed by atoms with Crippen molar-refractivity contribution in [1.82, 2.24) is 9.62 Å². The van der Waals surface area contributed by atoms with E-state index in [0.717, 1.165) is 10.4 Å². The molecule has 1 rings (SSSR count). The highest BCUT2D eigenvalue weighted by molar-refractivity contribution is 7.89. The van der Waals surface area contributed by atoms with Crippen LogP contribution in [0.15, 0.2) is 10.3 Å². The van der Waals surface area contributed by atoms with Crippen molar-refractivity contribution in [2.75, 3.05) is 34.4 Å². The van der Waals surface area contributed by atoms with Crippen LogP contribution in [-0.2, 0) is 21.3 Å². The van der Waals surface area contributed by atoms with Gasteiger partial charge in [-0.1, -0.05) is 0 Å². The molecule has 1 aromatic heterocycles. The molecule has 1 N–H and O–H groups in total. The molecule has 0 aliphatic carbocycles. The Labute approximate surface area is 113 Å². The fraction of sp³-hybridized carbons (Fsp3) is 0.636. The lowest BCUT2D eigenvalue weighted by molar-refractivity contribution is 0.185. The van der Waals surface area contributed by atoms with Crippen molar-refractivity contribution in [3.8, 4) is 0 Å². The second-order valence-corrected chi connectivity index (χ2v) is 6.97. The Kier molecular flexibility index (Phi) is 5.74. The van der Waals surface area contributed by atoms with Crippen LogP contribution in [-0.4, -0.2) is 47.1 Å². The number of ether oxygens (including phenoxy) is 1. The van der Waals surface area contributed by atoms with E-state index in [4.69, 9.17) is 4.74 Å². The molecule has 0 aliphatic heterocycles. The van der Waals surface area contributed by atoms with E-state index in [1.165, 1.54) is 15.6 Å². The summed E-state index contributed by atoms with van der Waals surface area (Å²) in [6, 6.07) is 0. The van der Waals surface area contributed by atoms with E-state index in [1.807, 2.05) is 12.3 Å². The summed E-state index contributed by atoms with van der Waals surface area (Å²) in [6.07, 6.45) is 0. The van der Waals surface area contributed by atoms with Crippen molar-refractivity contribution in [3.63, 3.8) is 0 Å². The number of thiophene rings is 1. The summed E-state index contributed by atoms with van der Waals surface area (Å²) in [5, 5.41) is 4.87. The van der Waals surface area contributed by atoms with Crippen LogP contribution in [0.5, 0.6) is 0 Å². The number of methoxy groups -OCH3 is 1. The highest BCUT2D eigenvalue weighted by Crippen LogP contribution is 2.28. The highest BCUT2D eigenvalue weighted by Gasteiger charge is 2.26. The summed E-state index contributed by atoms with van der Waals surface area (Å²) in [7, 11) is 1.51. The molecule has 0 saturated heterocycles. The van der Waals surface area contributed by atoms with Crippen molar-refractivity contribution in [1.29, 1.82) is 0 Å². The first kappa shape index (κ1) is 15.6. The summed E-state index contributed by atoms with van der Waals surface area (Å²) in [5.74, 6) is 0. The molecular weight excluding hydrogens is 272 g/mol. The van der Waals surface area contributed by atoms with Gasteiger partial charge >= 0.3 is 0 Å².